The fourth-order valence-corrected chi connectivity index (χ4v) is 8.24. The van der Waals surface area contributed by atoms with Crippen molar-refractivity contribution in [2.75, 3.05) is 7.05 Å². The highest BCUT2D eigenvalue weighted by Crippen LogP contribution is 2.64. The fourth-order valence-electron chi connectivity index (χ4n) is 8.24. The Morgan fingerprint density at radius 2 is 1.86 bits per heavy atom. The second kappa shape index (κ2) is 6.51. The van der Waals surface area contributed by atoms with E-state index in [2.05, 4.69) is 27.0 Å². The number of amides is 1. The highest BCUT2D eigenvalue weighted by molar-refractivity contribution is 5.82. The summed E-state index contributed by atoms with van der Waals surface area (Å²) < 4.78 is 14.8. The molecular weight excluding hydrogens is 361 g/mol. The van der Waals surface area contributed by atoms with Crippen molar-refractivity contribution in [2.45, 2.75) is 71.4 Å². The molecule has 0 N–H and O–H groups in total. The molecule has 1 unspecified atom stereocenters. The maximum Gasteiger partial charge on any atom is 0.338 e. The Hall–Kier alpha value is -1.48. The van der Waals surface area contributed by atoms with Crippen LogP contribution in [0, 0.1) is 34.4 Å². The van der Waals surface area contributed by atoms with Crippen LogP contribution >= 0.6 is 0 Å². The van der Waals surface area contributed by atoms with Crippen LogP contribution in [0.3, 0.4) is 0 Å². The molecule has 2 nitrogen and oxygen atoms in total. The van der Waals surface area contributed by atoms with Crippen LogP contribution in [0.1, 0.15) is 64.4 Å². The molecule has 3 aliphatic carbocycles. The van der Waals surface area contributed by atoms with Crippen molar-refractivity contribution in [1.82, 2.24) is 0 Å². The summed E-state index contributed by atoms with van der Waals surface area (Å²) in [5.74, 6) is 2.24. The molecule has 5 rings (SSSR count). The monoisotopic (exact) mass is 396 g/mol. The Morgan fingerprint density at radius 1 is 1.07 bits per heavy atom. The van der Waals surface area contributed by atoms with Gasteiger partial charge in [-0.25, -0.2) is 9.18 Å². The Labute approximate surface area is 174 Å². The molecule has 1 amide bonds. The van der Waals surface area contributed by atoms with E-state index in [9.17, 15) is 9.18 Å². The van der Waals surface area contributed by atoms with E-state index in [1.54, 1.807) is 6.07 Å². The summed E-state index contributed by atoms with van der Waals surface area (Å²) in [6, 6.07) is 7.22. The number of rotatable bonds is 2. The van der Waals surface area contributed by atoms with Crippen LogP contribution in [0.25, 0.3) is 0 Å². The normalized spacial score (nSPS) is 46.1. The number of carbonyl (C=O) groups is 1. The van der Waals surface area contributed by atoms with Crippen LogP contribution in [0.15, 0.2) is 36.4 Å². The molecule has 0 spiro atoms. The van der Waals surface area contributed by atoms with Gasteiger partial charge in [0.25, 0.3) is 0 Å². The van der Waals surface area contributed by atoms with Crippen LogP contribution in [0.4, 0.5) is 4.39 Å². The average molecular weight is 397 g/mol. The fraction of sp³-hybridized carbons (Fsp3) is 0.654. The van der Waals surface area contributed by atoms with Crippen LogP contribution in [0.5, 0.6) is 0 Å². The van der Waals surface area contributed by atoms with E-state index in [0.29, 0.717) is 27.9 Å². The highest BCUT2D eigenvalue weighted by Gasteiger charge is 2.62. The third-order valence-corrected chi connectivity index (χ3v) is 9.74. The van der Waals surface area contributed by atoms with E-state index < -0.39 is 0 Å². The minimum atomic E-state index is -0.191. The first kappa shape index (κ1) is 19.5. The van der Waals surface area contributed by atoms with E-state index in [1.165, 1.54) is 44.6 Å². The first-order valence-corrected chi connectivity index (χ1v) is 11.6. The minimum absolute atomic E-state index is 0.0285. The largest absolute Gasteiger partial charge is 0.338 e. The molecule has 1 aromatic rings. The topological polar surface area (TPSA) is 17.1 Å². The van der Waals surface area contributed by atoms with Gasteiger partial charge in [-0.2, -0.15) is 0 Å². The van der Waals surface area contributed by atoms with E-state index in [1.807, 2.05) is 18.2 Å². The maximum absolute atomic E-state index is 14.5. The van der Waals surface area contributed by atoms with Crippen LogP contribution < -0.4 is 0 Å². The maximum atomic E-state index is 14.5. The summed E-state index contributed by atoms with van der Waals surface area (Å²) in [4.78, 5) is 13.2. The van der Waals surface area contributed by atoms with E-state index in [4.69, 9.17) is 0 Å². The molecule has 3 saturated carbocycles. The van der Waals surface area contributed by atoms with Gasteiger partial charge in [0.1, 0.15) is 18.4 Å². The third kappa shape index (κ3) is 2.72. The molecule has 156 valence electrons. The lowest BCUT2D eigenvalue weighted by atomic mass is 9.48. The second-order valence-electron chi connectivity index (χ2n) is 11.1. The van der Waals surface area contributed by atoms with Gasteiger partial charge in [0.2, 0.25) is 0 Å². The van der Waals surface area contributed by atoms with E-state index >= 15 is 0 Å². The molecule has 7 atom stereocenters. The summed E-state index contributed by atoms with van der Waals surface area (Å²) in [6.07, 6.45) is 13.2. The van der Waals surface area contributed by atoms with Gasteiger partial charge in [0.15, 0.2) is 0 Å². The molecule has 0 radical (unpaired) electrons. The molecule has 0 saturated heterocycles. The van der Waals surface area contributed by atoms with Crippen molar-refractivity contribution in [3.63, 3.8) is 0 Å². The number of benzene rings is 1. The molecule has 0 bridgehead atoms. The summed E-state index contributed by atoms with van der Waals surface area (Å²) in [6.45, 7) is 5.40. The van der Waals surface area contributed by atoms with Gasteiger partial charge in [-0.15, -0.1) is 0 Å². The van der Waals surface area contributed by atoms with Crippen molar-refractivity contribution >= 4 is 5.91 Å². The first-order valence-electron chi connectivity index (χ1n) is 11.6. The van der Waals surface area contributed by atoms with E-state index in [-0.39, 0.29) is 23.2 Å². The minimum Gasteiger partial charge on any atom is -0.252 e. The quantitative estimate of drug-likeness (QED) is 0.571. The lowest BCUT2D eigenvalue weighted by Crippen LogP contribution is -2.67. The number of carbonyl (C=O) groups excluding carboxylic acids is 1. The summed E-state index contributed by atoms with van der Waals surface area (Å²) in [5, 5.41) is 0. The Morgan fingerprint density at radius 3 is 2.66 bits per heavy atom. The van der Waals surface area contributed by atoms with E-state index in [0.717, 1.165) is 18.3 Å². The van der Waals surface area contributed by atoms with Gasteiger partial charge in [-0.1, -0.05) is 44.5 Å². The number of quaternary nitrogens is 1. The smallest absolute Gasteiger partial charge is 0.252 e. The van der Waals surface area contributed by atoms with Crippen molar-refractivity contribution in [3.05, 3.63) is 47.8 Å². The molecule has 3 heteroatoms. The zero-order chi connectivity index (χ0) is 20.4. The average Bonchev–Trinajstić information content (AvgIpc) is 3.09. The highest BCUT2D eigenvalue weighted by atomic mass is 19.1. The van der Waals surface area contributed by atoms with Gasteiger partial charge in [0, 0.05) is 23.5 Å². The molecular formula is C26H35FNO+. The molecule has 1 aromatic carbocycles. The Balaban J connectivity index is 1.51. The predicted octanol–water partition coefficient (Wildman–Crippen LogP) is 5.87. The van der Waals surface area contributed by atoms with Crippen molar-refractivity contribution in [1.29, 1.82) is 0 Å². The van der Waals surface area contributed by atoms with Crippen molar-refractivity contribution in [2.24, 2.45) is 28.6 Å². The van der Waals surface area contributed by atoms with Gasteiger partial charge in [0.05, 0.1) is 7.05 Å². The zero-order valence-electron chi connectivity index (χ0n) is 18.2. The number of likely N-dealkylation sites (N-methyl/N-ethyl adjacent to an activating group) is 1. The van der Waals surface area contributed by atoms with Crippen LogP contribution in [-0.2, 0) is 11.3 Å². The predicted molar refractivity (Wildman–Crippen MR) is 113 cm³/mol. The molecule has 29 heavy (non-hydrogen) atoms. The van der Waals surface area contributed by atoms with Crippen molar-refractivity contribution in [3.8, 4) is 0 Å². The SMILES string of the molecule is C[C@@]12CCC[C@H]1[C@@H]1CC[C@@H]3[C@](C)(C=CC(=O)[N+]3(C)Cc3ccccc3F)[C@H]1CC2. The van der Waals surface area contributed by atoms with Gasteiger partial charge in [-0.3, -0.25) is 4.48 Å². The Bertz CT molecular complexity index is 864. The van der Waals surface area contributed by atoms with Gasteiger partial charge in [-0.05, 0) is 61.3 Å². The summed E-state index contributed by atoms with van der Waals surface area (Å²) in [7, 11) is 2.06. The Kier molecular flexibility index (Phi) is 4.37. The molecule has 1 aliphatic heterocycles. The van der Waals surface area contributed by atoms with Crippen LogP contribution in [-0.4, -0.2) is 23.5 Å². The zero-order valence-corrected chi connectivity index (χ0v) is 18.2. The molecule has 0 aromatic heterocycles. The number of hydrogen-bond acceptors (Lipinski definition) is 1. The molecule has 1 heterocycles. The van der Waals surface area contributed by atoms with Gasteiger partial charge < -0.3 is 0 Å². The number of fused-ring (bicyclic) bond motifs is 5. The first-order chi connectivity index (χ1) is 13.8. The van der Waals surface area contributed by atoms with Crippen LogP contribution in [0.2, 0.25) is 0 Å². The number of nitrogens with zero attached hydrogens (tertiary/aromatic N) is 1. The standard InChI is InChI=1S/C26H35FNO/c1-25-14-6-8-20(25)19-10-11-23-26(2,21(19)12-15-25)16-13-24(29)28(23,3)17-18-7-4-5-9-22(18)27/h4-5,7,9,13,16,19-21,23H,6,8,10-12,14-15,17H2,1-3H3/q+1/t19-,20-,21-,23+,25-,26+,28?/m0/s1. The lowest BCUT2D eigenvalue weighted by Gasteiger charge is -2.60. The lowest BCUT2D eigenvalue weighted by molar-refractivity contribution is -0.882. The molecule has 3 fully saturated rings. The summed E-state index contributed by atoms with van der Waals surface area (Å²) >= 11 is 0. The third-order valence-electron chi connectivity index (χ3n) is 9.74. The number of halogens is 1. The van der Waals surface area contributed by atoms with Gasteiger partial charge >= 0.3 is 5.91 Å². The summed E-state index contributed by atoms with van der Waals surface area (Å²) in [5.41, 5.74) is 1.24. The van der Waals surface area contributed by atoms with Crippen molar-refractivity contribution < 1.29 is 13.7 Å². The molecule has 4 aliphatic rings. The second-order valence-corrected chi connectivity index (χ2v) is 11.1. The number of hydrogen-bond donors (Lipinski definition) is 0.